The van der Waals surface area contributed by atoms with Crippen molar-refractivity contribution in [3.8, 4) is 17.2 Å². The molecule has 1 aliphatic rings. The van der Waals surface area contributed by atoms with Crippen molar-refractivity contribution in [3.63, 3.8) is 0 Å². The summed E-state index contributed by atoms with van der Waals surface area (Å²) < 4.78 is 16.0. The van der Waals surface area contributed by atoms with E-state index >= 15 is 0 Å². The number of amides is 2. The molecular weight excluding hydrogens is 398 g/mol. The number of hydrazone groups is 1. The molecular formula is C23H19N3O5. The van der Waals surface area contributed by atoms with E-state index in [1.54, 1.807) is 54.6 Å². The number of hydrogen-bond donors (Lipinski definition) is 2. The zero-order chi connectivity index (χ0) is 21.5. The van der Waals surface area contributed by atoms with Crippen LogP contribution in [0.2, 0.25) is 0 Å². The quantitative estimate of drug-likeness (QED) is 0.454. The van der Waals surface area contributed by atoms with Gasteiger partial charge in [0, 0.05) is 11.3 Å². The molecule has 156 valence electrons. The highest BCUT2D eigenvalue weighted by molar-refractivity contribution is 5.95. The van der Waals surface area contributed by atoms with Crippen LogP contribution in [0.3, 0.4) is 0 Å². The predicted molar refractivity (Wildman–Crippen MR) is 115 cm³/mol. The van der Waals surface area contributed by atoms with Gasteiger partial charge in [-0.05, 0) is 60.2 Å². The predicted octanol–water partition coefficient (Wildman–Crippen LogP) is 3.20. The van der Waals surface area contributed by atoms with Gasteiger partial charge in [0.2, 0.25) is 6.79 Å². The summed E-state index contributed by atoms with van der Waals surface area (Å²) in [5, 5.41) is 6.71. The molecule has 1 heterocycles. The van der Waals surface area contributed by atoms with Gasteiger partial charge in [0.05, 0.1) is 6.21 Å². The monoisotopic (exact) mass is 417 g/mol. The average molecular weight is 417 g/mol. The SMILES string of the molecule is O=C(COc1ccc(C=NNC(=O)c2ccc3c(c2)OCO3)cc1)Nc1ccccc1. The van der Waals surface area contributed by atoms with Gasteiger partial charge in [-0.3, -0.25) is 9.59 Å². The minimum Gasteiger partial charge on any atom is -0.484 e. The second-order valence-electron chi connectivity index (χ2n) is 6.54. The van der Waals surface area contributed by atoms with Gasteiger partial charge < -0.3 is 19.5 Å². The fraction of sp³-hybridized carbons (Fsp3) is 0.0870. The van der Waals surface area contributed by atoms with E-state index in [1.165, 1.54) is 6.21 Å². The first-order valence-electron chi connectivity index (χ1n) is 9.48. The number of nitrogens with one attached hydrogen (secondary N) is 2. The molecule has 2 N–H and O–H groups in total. The van der Waals surface area contributed by atoms with E-state index in [9.17, 15) is 9.59 Å². The van der Waals surface area contributed by atoms with Crippen molar-refractivity contribution in [3.05, 3.63) is 83.9 Å². The maximum Gasteiger partial charge on any atom is 0.271 e. The highest BCUT2D eigenvalue weighted by Gasteiger charge is 2.15. The third kappa shape index (κ3) is 5.39. The van der Waals surface area contributed by atoms with Gasteiger partial charge >= 0.3 is 0 Å². The molecule has 0 aliphatic carbocycles. The lowest BCUT2D eigenvalue weighted by Gasteiger charge is -2.07. The summed E-state index contributed by atoms with van der Waals surface area (Å²) in [4.78, 5) is 24.1. The van der Waals surface area contributed by atoms with Crippen LogP contribution < -0.4 is 25.0 Å². The lowest BCUT2D eigenvalue weighted by Crippen LogP contribution is -2.20. The largest absolute Gasteiger partial charge is 0.484 e. The summed E-state index contributed by atoms with van der Waals surface area (Å²) in [5.74, 6) is 1.08. The van der Waals surface area contributed by atoms with Crippen molar-refractivity contribution in [2.75, 3.05) is 18.7 Å². The van der Waals surface area contributed by atoms with Crippen LogP contribution in [-0.2, 0) is 4.79 Å². The fourth-order valence-electron chi connectivity index (χ4n) is 2.79. The summed E-state index contributed by atoms with van der Waals surface area (Å²) in [6.07, 6.45) is 1.51. The number of fused-ring (bicyclic) bond motifs is 1. The first kappa shape index (κ1) is 20.0. The van der Waals surface area contributed by atoms with Crippen molar-refractivity contribution in [1.29, 1.82) is 0 Å². The Morgan fingerprint density at radius 3 is 2.55 bits per heavy atom. The second-order valence-corrected chi connectivity index (χ2v) is 6.54. The Kier molecular flexibility index (Phi) is 6.08. The lowest BCUT2D eigenvalue weighted by atomic mass is 10.2. The molecule has 8 nitrogen and oxygen atoms in total. The molecule has 0 saturated heterocycles. The number of carbonyl (C=O) groups is 2. The van der Waals surface area contributed by atoms with Crippen molar-refractivity contribution in [2.24, 2.45) is 5.10 Å². The van der Waals surface area contributed by atoms with Crippen LogP contribution in [0, 0.1) is 0 Å². The van der Waals surface area contributed by atoms with Gasteiger partial charge in [-0.1, -0.05) is 18.2 Å². The molecule has 3 aromatic rings. The maximum absolute atomic E-state index is 12.2. The highest BCUT2D eigenvalue weighted by atomic mass is 16.7. The van der Waals surface area contributed by atoms with E-state index in [2.05, 4.69) is 15.8 Å². The number of carbonyl (C=O) groups excluding carboxylic acids is 2. The number of ether oxygens (including phenoxy) is 3. The zero-order valence-electron chi connectivity index (χ0n) is 16.4. The summed E-state index contributed by atoms with van der Waals surface area (Å²) in [7, 11) is 0. The molecule has 31 heavy (non-hydrogen) atoms. The molecule has 0 spiro atoms. The summed E-state index contributed by atoms with van der Waals surface area (Å²) in [5.41, 5.74) is 4.35. The summed E-state index contributed by atoms with van der Waals surface area (Å²) >= 11 is 0. The standard InChI is InChI=1S/C23H19N3O5/c27-22(25-18-4-2-1-3-5-18)14-29-19-9-6-16(7-10-19)13-24-26-23(28)17-8-11-20-21(12-17)31-15-30-20/h1-13H,14-15H2,(H,25,27)(H,26,28). The van der Waals surface area contributed by atoms with Crippen LogP contribution in [0.25, 0.3) is 0 Å². The summed E-state index contributed by atoms with van der Waals surface area (Å²) in [6, 6.07) is 21.1. The third-order valence-corrected chi connectivity index (χ3v) is 4.32. The average Bonchev–Trinajstić information content (AvgIpc) is 3.27. The lowest BCUT2D eigenvalue weighted by molar-refractivity contribution is -0.118. The number of para-hydroxylation sites is 1. The number of benzene rings is 3. The molecule has 8 heteroatoms. The fourth-order valence-corrected chi connectivity index (χ4v) is 2.79. The van der Waals surface area contributed by atoms with Gasteiger partial charge in [0.25, 0.3) is 11.8 Å². The van der Waals surface area contributed by atoms with Crippen LogP contribution in [0.1, 0.15) is 15.9 Å². The Labute approximate surface area is 178 Å². The van der Waals surface area contributed by atoms with Crippen molar-refractivity contribution >= 4 is 23.7 Å². The molecule has 4 rings (SSSR count). The first-order valence-corrected chi connectivity index (χ1v) is 9.48. The molecule has 0 fully saturated rings. The highest BCUT2D eigenvalue weighted by Crippen LogP contribution is 2.32. The molecule has 1 aliphatic heterocycles. The number of anilines is 1. The second kappa shape index (κ2) is 9.45. The molecule has 0 atom stereocenters. The Morgan fingerprint density at radius 1 is 0.968 bits per heavy atom. The Hall–Kier alpha value is -4.33. The van der Waals surface area contributed by atoms with Crippen LogP contribution in [0.4, 0.5) is 5.69 Å². The summed E-state index contributed by atoms with van der Waals surface area (Å²) in [6.45, 7) is 0.0455. The van der Waals surface area contributed by atoms with Gasteiger partial charge in [-0.2, -0.15) is 5.10 Å². The van der Waals surface area contributed by atoms with Gasteiger partial charge in [-0.15, -0.1) is 0 Å². The normalized spacial score (nSPS) is 11.9. The molecule has 0 unspecified atom stereocenters. The van der Waals surface area contributed by atoms with Crippen molar-refractivity contribution in [1.82, 2.24) is 5.43 Å². The third-order valence-electron chi connectivity index (χ3n) is 4.32. The van der Waals surface area contributed by atoms with Gasteiger partial charge in [-0.25, -0.2) is 5.43 Å². The number of hydrogen-bond acceptors (Lipinski definition) is 6. The smallest absolute Gasteiger partial charge is 0.271 e. The Bertz CT molecular complexity index is 1100. The topological polar surface area (TPSA) is 98.2 Å². The van der Waals surface area contributed by atoms with E-state index in [-0.39, 0.29) is 25.2 Å². The minimum atomic E-state index is -0.362. The van der Waals surface area contributed by atoms with Crippen LogP contribution >= 0.6 is 0 Å². The van der Waals surface area contributed by atoms with Crippen LogP contribution in [-0.4, -0.2) is 31.4 Å². The number of nitrogens with zero attached hydrogens (tertiary/aromatic N) is 1. The minimum absolute atomic E-state index is 0.103. The molecule has 2 amide bonds. The zero-order valence-corrected chi connectivity index (χ0v) is 16.4. The molecule has 0 bridgehead atoms. The van der Waals surface area contributed by atoms with Gasteiger partial charge in [0.1, 0.15) is 5.75 Å². The van der Waals surface area contributed by atoms with E-state index in [1.807, 2.05) is 18.2 Å². The molecule has 0 aromatic heterocycles. The van der Waals surface area contributed by atoms with Crippen molar-refractivity contribution in [2.45, 2.75) is 0 Å². The molecule has 0 radical (unpaired) electrons. The molecule has 3 aromatic carbocycles. The van der Waals surface area contributed by atoms with Crippen molar-refractivity contribution < 1.29 is 23.8 Å². The van der Waals surface area contributed by atoms with Crippen LogP contribution in [0.15, 0.2) is 77.9 Å². The van der Waals surface area contributed by atoms with E-state index < -0.39 is 0 Å². The number of rotatable bonds is 7. The van der Waals surface area contributed by atoms with Gasteiger partial charge in [0.15, 0.2) is 18.1 Å². The Morgan fingerprint density at radius 2 is 1.74 bits per heavy atom. The van der Waals surface area contributed by atoms with E-state index in [0.29, 0.717) is 28.5 Å². The van der Waals surface area contributed by atoms with E-state index in [0.717, 1.165) is 5.56 Å². The first-order chi connectivity index (χ1) is 15.2. The molecule has 0 saturated carbocycles. The van der Waals surface area contributed by atoms with Crippen LogP contribution in [0.5, 0.6) is 17.2 Å². The van der Waals surface area contributed by atoms with E-state index in [4.69, 9.17) is 14.2 Å². The Balaban J connectivity index is 1.25. The maximum atomic E-state index is 12.2.